The molecule has 0 amide bonds. The summed E-state index contributed by atoms with van der Waals surface area (Å²) in [6.45, 7) is 1.89. The van der Waals surface area contributed by atoms with Gasteiger partial charge in [-0.3, -0.25) is 4.79 Å². The molecular formula is C8H15NO. The van der Waals surface area contributed by atoms with Gasteiger partial charge in [-0.05, 0) is 19.8 Å². The van der Waals surface area contributed by atoms with Crippen molar-refractivity contribution in [3.63, 3.8) is 0 Å². The summed E-state index contributed by atoms with van der Waals surface area (Å²) in [6, 6.07) is 0.0492. The van der Waals surface area contributed by atoms with Crippen molar-refractivity contribution in [2.24, 2.45) is 11.7 Å². The van der Waals surface area contributed by atoms with E-state index in [1.54, 1.807) is 0 Å². The molecule has 0 heterocycles. The van der Waals surface area contributed by atoms with E-state index in [0.717, 1.165) is 12.8 Å². The lowest BCUT2D eigenvalue weighted by atomic mass is 9.80. The van der Waals surface area contributed by atoms with E-state index in [9.17, 15) is 4.79 Å². The van der Waals surface area contributed by atoms with Crippen LogP contribution < -0.4 is 5.73 Å². The van der Waals surface area contributed by atoms with Crippen molar-refractivity contribution < 1.29 is 4.79 Å². The minimum absolute atomic E-state index is 0.0492. The molecule has 58 valence electrons. The second-order valence-corrected chi connectivity index (χ2v) is 3.28. The second kappa shape index (κ2) is 3.15. The summed E-state index contributed by atoms with van der Waals surface area (Å²) in [7, 11) is 0. The lowest BCUT2D eigenvalue weighted by molar-refractivity contribution is -0.125. The molecule has 0 aromatic carbocycles. The Morgan fingerprint density at radius 2 is 2.30 bits per heavy atom. The molecule has 10 heavy (non-hydrogen) atoms. The van der Waals surface area contributed by atoms with Gasteiger partial charge in [0.1, 0.15) is 5.78 Å². The fraction of sp³-hybridized carbons (Fsp3) is 0.875. The van der Waals surface area contributed by atoms with Gasteiger partial charge >= 0.3 is 0 Å². The van der Waals surface area contributed by atoms with Gasteiger partial charge in [0.25, 0.3) is 0 Å². The molecule has 0 aromatic heterocycles. The molecule has 1 aliphatic rings. The Morgan fingerprint density at radius 3 is 2.60 bits per heavy atom. The van der Waals surface area contributed by atoms with Crippen LogP contribution in [-0.4, -0.2) is 11.8 Å². The van der Waals surface area contributed by atoms with E-state index in [-0.39, 0.29) is 6.04 Å². The van der Waals surface area contributed by atoms with Crippen LogP contribution in [-0.2, 0) is 4.79 Å². The van der Waals surface area contributed by atoms with Gasteiger partial charge in [-0.1, -0.05) is 6.42 Å². The third kappa shape index (κ3) is 1.81. The highest BCUT2D eigenvalue weighted by molar-refractivity contribution is 5.82. The maximum Gasteiger partial charge on any atom is 0.137 e. The summed E-state index contributed by atoms with van der Waals surface area (Å²) in [5, 5.41) is 0. The first-order valence-corrected chi connectivity index (χ1v) is 3.98. The fourth-order valence-electron chi connectivity index (χ4n) is 1.21. The minimum atomic E-state index is 0.0492. The maximum atomic E-state index is 11.2. The standard InChI is InChI=1S/C8H15NO/c1-6(9)5-8(10)7-3-2-4-7/h6-7H,2-5,9H2,1H3/t6-/m1/s1. The SMILES string of the molecule is C[C@@H](N)CC(=O)C1CCC1. The first kappa shape index (κ1) is 7.73. The van der Waals surface area contributed by atoms with Crippen LogP contribution in [0.2, 0.25) is 0 Å². The van der Waals surface area contributed by atoms with Gasteiger partial charge in [0.15, 0.2) is 0 Å². The summed E-state index contributed by atoms with van der Waals surface area (Å²) in [6.07, 6.45) is 4.01. The monoisotopic (exact) mass is 141 g/mol. The van der Waals surface area contributed by atoms with E-state index in [0.29, 0.717) is 18.1 Å². The van der Waals surface area contributed by atoms with Gasteiger partial charge in [-0.25, -0.2) is 0 Å². The Balaban J connectivity index is 2.20. The molecule has 1 fully saturated rings. The molecule has 0 aliphatic heterocycles. The van der Waals surface area contributed by atoms with Gasteiger partial charge in [-0.2, -0.15) is 0 Å². The summed E-state index contributed by atoms with van der Waals surface area (Å²) >= 11 is 0. The largest absolute Gasteiger partial charge is 0.328 e. The molecule has 1 atom stereocenters. The molecule has 0 unspecified atom stereocenters. The van der Waals surface area contributed by atoms with Gasteiger partial charge in [-0.15, -0.1) is 0 Å². The van der Waals surface area contributed by atoms with Crippen LogP contribution in [0.1, 0.15) is 32.6 Å². The summed E-state index contributed by atoms with van der Waals surface area (Å²) in [4.78, 5) is 11.2. The highest BCUT2D eigenvalue weighted by Crippen LogP contribution is 2.28. The van der Waals surface area contributed by atoms with Crippen LogP contribution in [0, 0.1) is 5.92 Å². The minimum Gasteiger partial charge on any atom is -0.328 e. The number of rotatable bonds is 3. The van der Waals surface area contributed by atoms with Crippen molar-refractivity contribution in [1.82, 2.24) is 0 Å². The van der Waals surface area contributed by atoms with Gasteiger partial charge in [0, 0.05) is 18.4 Å². The van der Waals surface area contributed by atoms with Crippen LogP contribution in [0.5, 0.6) is 0 Å². The van der Waals surface area contributed by atoms with E-state index in [1.807, 2.05) is 6.92 Å². The van der Waals surface area contributed by atoms with E-state index in [4.69, 9.17) is 5.73 Å². The number of Topliss-reactive ketones (excluding diaryl/α,β-unsaturated/α-hetero) is 1. The summed E-state index contributed by atoms with van der Waals surface area (Å²) < 4.78 is 0. The maximum absolute atomic E-state index is 11.2. The van der Waals surface area contributed by atoms with Crippen molar-refractivity contribution in [2.45, 2.75) is 38.6 Å². The van der Waals surface area contributed by atoms with E-state index >= 15 is 0 Å². The molecule has 0 spiro atoms. The first-order chi connectivity index (χ1) is 4.70. The number of hydrogen-bond donors (Lipinski definition) is 1. The quantitative estimate of drug-likeness (QED) is 0.639. The van der Waals surface area contributed by atoms with Crippen molar-refractivity contribution >= 4 is 5.78 Å². The molecule has 0 saturated heterocycles. The normalized spacial score (nSPS) is 21.8. The van der Waals surface area contributed by atoms with Crippen LogP contribution >= 0.6 is 0 Å². The number of carbonyl (C=O) groups excluding carboxylic acids is 1. The second-order valence-electron chi connectivity index (χ2n) is 3.28. The van der Waals surface area contributed by atoms with Crippen LogP contribution in [0.15, 0.2) is 0 Å². The highest BCUT2D eigenvalue weighted by Gasteiger charge is 2.24. The lowest BCUT2D eigenvalue weighted by Crippen LogP contribution is -2.28. The molecule has 1 saturated carbocycles. The number of hydrogen-bond acceptors (Lipinski definition) is 2. The average Bonchev–Trinajstić information content (AvgIpc) is 1.55. The molecule has 2 heteroatoms. The Hall–Kier alpha value is -0.370. The average molecular weight is 141 g/mol. The zero-order valence-corrected chi connectivity index (χ0v) is 6.47. The Morgan fingerprint density at radius 1 is 1.70 bits per heavy atom. The van der Waals surface area contributed by atoms with E-state index < -0.39 is 0 Å². The van der Waals surface area contributed by atoms with Crippen molar-refractivity contribution in [3.05, 3.63) is 0 Å². The molecule has 2 nitrogen and oxygen atoms in total. The molecule has 1 rings (SSSR count). The zero-order valence-electron chi connectivity index (χ0n) is 6.47. The van der Waals surface area contributed by atoms with Crippen LogP contribution in [0.4, 0.5) is 0 Å². The smallest absolute Gasteiger partial charge is 0.137 e. The molecular weight excluding hydrogens is 126 g/mol. The Kier molecular flexibility index (Phi) is 2.44. The van der Waals surface area contributed by atoms with Gasteiger partial charge < -0.3 is 5.73 Å². The molecule has 0 bridgehead atoms. The predicted octanol–water partition coefficient (Wildman–Crippen LogP) is 1.09. The topological polar surface area (TPSA) is 43.1 Å². The van der Waals surface area contributed by atoms with Gasteiger partial charge in [0.05, 0.1) is 0 Å². The number of nitrogens with two attached hydrogens (primary N) is 1. The van der Waals surface area contributed by atoms with Gasteiger partial charge in [0.2, 0.25) is 0 Å². The summed E-state index contributed by atoms with van der Waals surface area (Å²) in [5.74, 6) is 0.743. The number of ketones is 1. The van der Waals surface area contributed by atoms with Crippen LogP contribution in [0.3, 0.4) is 0 Å². The van der Waals surface area contributed by atoms with E-state index in [2.05, 4.69) is 0 Å². The van der Waals surface area contributed by atoms with Crippen molar-refractivity contribution in [2.75, 3.05) is 0 Å². The Bertz CT molecular complexity index is 127. The highest BCUT2D eigenvalue weighted by atomic mass is 16.1. The first-order valence-electron chi connectivity index (χ1n) is 3.98. The third-order valence-corrected chi connectivity index (χ3v) is 2.08. The molecule has 0 radical (unpaired) electrons. The summed E-state index contributed by atoms with van der Waals surface area (Å²) in [5.41, 5.74) is 5.49. The molecule has 0 aromatic rings. The fourth-order valence-corrected chi connectivity index (χ4v) is 1.21. The predicted molar refractivity (Wildman–Crippen MR) is 40.6 cm³/mol. The third-order valence-electron chi connectivity index (χ3n) is 2.08. The zero-order chi connectivity index (χ0) is 7.56. The van der Waals surface area contributed by atoms with Crippen molar-refractivity contribution in [3.8, 4) is 0 Å². The molecule has 1 aliphatic carbocycles. The lowest BCUT2D eigenvalue weighted by Gasteiger charge is -2.24. The van der Waals surface area contributed by atoms with Crippen molar-refractivity contribution in [1.29, 1.82) is 0 Å². The number of carbonyl (C=O) groups is 1. The van der Waals surface area contributed by atoms with Crippen LogP contribution in [0.25, 0.3) is 0 Å². The Labute approximate surface area is 61.8 Å². The van der Waals surface area contributed by atoms with E-state index in [1.165, 1.54) is 6.42 Å². The molecule has 2 N–H and O–H groups in total.